The molecule has 0 atom stereocenters. The minimum Gasteiger partial charge on any atom is -0.493 e. The maximum atomic E-state index is 9.28. The van der Waals surface area contributed by atoms with Gasteiger partial charge in [-0.2, -0.15) is 20.5 Å². The summed E-state index contributed by atoms with van der Waals surface area (Å²) < 4.78 is 17.6. The van der Waals surface area contributed by atoms with E-state index in [1.807, 2.05) is 6.07 Å². The number of methoxy groups -OCH3 is 2. The second-order valence-electron chi connectivity index (χ2n) is 8.10. The summed E-state index contributed by atoms with van der Waals surface area (Å²) in [6.45, 7) is 2.86. The summed E-state index contributed by atoms with van der Waals surface area (Å²) in [5.41, 5.74) is 1.81. The zero-order chi connectivity index (χ0) is 26.2. The summed E-state index contributed by atoms with van der Waals surface area (Å²) in [6, 6.07) is 20.1. The van der Waals surface area contributed by atoms with Crippen molar-refractivity contribution < 1.29 is 14.2 Å². The number of benzene rings is 3. The van der Waals surface area contributed by atoms with Gasteiger partial charge in [-0.05, 0) is 60.3 Å². The van der Waals surface area contributed by atoms with Crippen LogP contribution in [0.2, 0.25) is 0 Å². The van der Waals surface area contributed by atoms with E-state index in [0.29, 0.717) is 40.1 Å². The van der Waals surface area contributed by atoms with E-state index < -0.39 is 0 Å². The van der Waals surface area contributed by atoms with Crippen molar-refractivity contribution in [2.75, 3.05) is 31.4 Å². The third kappa shape index (κ3) is 5.80. The minimum atomic E-state index is 0.273. The standard InChI is InChI=1S/C28H26N6O3/c1-4-5-12-31-24-15-25(34-28(33-24)32-21-9-6-18(16-29)7-10-21)37-27-23(35-2)14-20-13-19(17-30)8-11-22(20)26(27)36-3/h6-11,13-15H,4-5,12H2,1-3H3,(H2,31,32,33,34). The van der Waals surface area contributed by atoms with Crippen molar-refractivity contribution >= 4 is 28.2 Å². The Morgan fingerprint density at radius 3 is 2.30 bits per heavy atom. The molecule has 0 radical (unpaired) electrons. The fraction of sp³-hybridized carbons (Fsp3) is 0.214. The number of hydrogen-bond acceptors (Lipinski definition) is 9. The summed E-state index contributed by atoms with van der Waals surface area (Å²) >= 11 is 0. The summed E-state index contributed by atoms with van der Waals surface area (Å²) in [6.07, 6.45) is 2.02. The van der Waals surface area contributed by atoms with Crippen LogP contribution in [0.1, 0.15) is 30.9 Å². The topological polar surface area (TPSA) is 125 Å². The molecule has 2 N–H and O–H groups in total. The van der Waals surface area contributed by atoms with E-state index in [1.165, 1.54) is 7.11 Å². The number of ether oxygens (including phenoxy) is 3. The predicted molar refractivity (Wildman–Crippen MR) is 142 cm³/mol. The van der Waals surface area contributed by atoms with Crippen molar-refractivity contribution in [1.82, 2.24) is 9.97 Å². The van der Waals surface area contributed by atoms with Crippen molar-refractivity contribution in [2.24, 2.45) is 0 Å². The molecule has 0 bridgehead atoms. The number of nitrogens with one attached hydrogen (secondary N) is 2. The number of unbranched alkanes of at least 4 members (excludes halogenated alkanes) is 1. The molecule has 0 saturated carbocycles. The molecule has 0 saturated heterocycles. The molecule has 37 heavy (non-hydrogen) atoms. The number of nitriles is 2. The van der Waals surface area contributed by atoms with E-state index >= 15 is 0 Å². The first kappa shape index (κ1) is 25.1. The maximum Gasteiger partial charge on any atom is 0.232 e. The molecular formula is C28H26N6O3. The quantitative estimate of drug-likeness (QED) is 0.250. The lowest BCUT2D eigenvalue weighted by molar-refractivity contribution is 0.345. The molecule has 0 unspecified atom stereocenters. The van der Waals surface area contributed by atoms with Gasteiger partial charge in [0.1, 0.15) is 5.82 Å². The van der Waals surface area contributed by atoms with Gasteiger partial charge in [0.2, 0.25) is 17.6 Å². The molecule has 4 rings (SSSR count). The Balaban J connectivity index is 1.75. The smallest absolute Gasteiger partial charge is 0.232 e. The average Bonchev–Trinajstić information content (AvgIpc) is 2.92. The number of rotatable bonds is 10. The summed E-state index contributed by atoms with van der Waals surface area (Å²) in [4.78, 5) is 9.12. The zero-order valence-electron chi connectivity index (χ0n) is 20.8. The van der Waals surface area contributed by atoms with E-state index in [2.05, 4.69) is 39.7 Å². The van der Waals surface area contributed by atoms with Crippen molar-refractivity contribution in [1.29, 1.82) is 10.5 Å². The SMILES string of the molecule is CCCCNc1cc(Oc2c(OC)cc3cc(C#N)ccc3c2OC)nc(Nc2ccc(C#N)cc2)n1. The molecule has 0 aliphatic heterocycles. The summed E-state index contributed by atoms with van der Waals surface area (Å²) in [5.74, 6) is 2.42. The number of nitrogens with zero attached hydrogens (tertiary/aromatic N) is 4. The van der Waals surface area contributed by atoms with Crippen LogP contribution in [0, 0.1) is 22.7 Å². The predicted octanol–water partition coefficient (Wildman–Crippen LogP) is 6.14. The highest BCUT2D eigenvalue weighted by atomic mass is 16.5. The van der Waals surface area contributed by atoms with E-state index in [1.54, 1.807) is 55.6 Å². The van der Waals surface area contributed by atoms with E-state index in [-0.39, 0.29) is 5.88 Å². The molecule has 186 valence electrons. The normalized spacial score (nSPS) is 10.3. The first-order valence-electron chi connectivity index (χ1n) is 11.7. The van der Waals surface area contributed by atoms with E-state index in [4.69, 9.17) is 19.5 Å². The second-order valence-corrected chi connectivity index (χ2v) is 8.10. The number of hydrogen-bond donors (Lipinski definition) is 2. The molecule has 0 amide bonds. The molecule has 3 aromatic carbocycles. The molecule has 0 fully saturated rings. The van der Waals surface area contributed by atoms with Gasteiger partial charge in [-0.25, -0.2) is 0 Å². The molecule has 4 aromatic rings. The molecule has 1 heterocycles. The zero-order valence-corrected chi connectivity index (χ0v) is 20.8. The van der Waals surface area contributed by atoms with E-state index in [0.717, 1.165) is 35.8 Å². The molecule has 9 heteroatoms. The van der Waals surface area contributed by atoms with Crippen LogP contribution in [-0.4, -0.2) is 30.7 Å². The third-order valence-corrected chi connectivity index (χ3v) is 5.58. The van der Waals surface area contributed by atoms with Crippen molar-refractivity contribution in [3.05, 3.63) is 65.7 Å². The molecule has 9 nitrogen and oxygen atoms in total. The van der Waals surface area contributed by atoms with Crippen LogP contribution in [0.3, 0.4) is 0 Å². The van der Waals surface area contributed by atoms with Gasteiger partial charge in [0.15, 0.2) is 11.5 Å². The van der Waals surface area contributed by atoms with Crippen molar-refractivity contribution in [3.8, 4) is 35.3 Å². The summed E-state index contributed by atoms with van der Waals surface area (Å²) in [5, 5.41) is 26.4. The molecule has 0 aliphatic carbocycles. The highest BCUT2D eigenvalue weighted by Crippen LogP contribution is 2.45. The minimum absolute atomic E-state index is 0.273. The fourth-order valence-electron chi connectivity index (χ4n) is 3.73. The number of fused-ring (bicyclic) bond motifs is 1. The Kier molecular flexibility index (Phi) is 7.87. The third-order valence-electron chi connectivity index (χ3n) is 5.58. The Morgan fingerprint density at radius 1 is 0.865 bits per heavy atom. The lowest BCUT2D eigenvalue weighted by Crippen LogP contribution is -2.07. The lowest BCUT2D eigenvalue weighted by atomic mass is 10.1. The Bertz CT molecular complexity index is 1490. The average molecular weight is 495 g/mol. The maximum absolute atomic E-state index is 9.28. The van der Waals surface area contributed by atoms with Gasteiger partial charge in [0.05, 0.1) is 37.5 Å². The Hall–Kier alpha value is -5.02. The van der Waals surface area contributed by atoms with Crippen LogP contribution in [0.5, 0.6) is 23.1 Å². The molecule has 0 aliphatic rings. The van der Waals surface area contributed by atoms with Gasteiger partial charge in [0.25, 0.3) is 0 Å². The number of anilines is 3. The van der Waals surface area contributed by atoms with Gasteiger partial charge in [-0.3, -0.25) is 0 Å². The first-order valence-corrected chi connectivity index (χ1v) is 11.7. The van der Waals surface area contributed by atoms with Crippen molar-refractivity contribution in [2.45, 2.75) is 19.8 Å². The van der Waals surface area contributed by atoms with Gasteiger partial charge in [0, 0.05) is 23.7 Å². The van der Waals surface area contributed by atoms with E-state index in [9.17, 15) is 5.26 Å². The Morgan fingerprint density at radius 2 is 1.62 bits per heavy atom. The van der Waals surface area contributed by atoms with Crippen LogP contribution in [0.15, 0.2) is 54.6 Å². The highest BCUT2D eigenvalue weighted by Gasteiger charge is 2.19. The fourth-order valence-corrected chi connectivity index (χ4v) is 3.73. The van der Waals surface area contributed by atoms with Gasteiger partial charge in [-0.15, -0.1) is 0 Å². The Labute approximate surface area is 215 Å². The lowest BCUT2D eigenvalue weighted by Gasteiger charge is -2.17. The molecule has 0 spiro atoms. The molecular weight excluding hydrogens is 468 g/mol. The van der Waals surface area contributed by atoms with Crippen molar-refractivity contribution in [3.63, 3.8) is 0 Å². The summed E-state index contributed by atoms with van der Waals surface area (Å²) in [7, 11) is 3.09. The second kappa shape index (κ2) is 11.6. The highest BCUT2D eigenvalue weighted by molar-refractivity contribution is 5.94. The number of aromatic nitrogens is 2. The van der Waals surface area contributed by atoms with Crippen LogP contribution in [0.25, 0.3) is 10.8 Å². The van der Waals surface area contributed by atoms with Crippen LogP contribution < -0.4 is 24.8 Å². The first-order chi connectivity index (χ1) is 18.1. The van der Waals surface area contributed by atoms with Crippen LogP contribution >= 0.6 is 0 Å². The molecule has 1 aromatic heterocycles. The van der Waals surface area contributed by atoms with Gasteiger partial charge < -0.3 is 24.8 Å². The van der Waals surface area contributed by atoms with Crippen LogP contribution in [-0.2, 0) is 0 Å². The largest absolute Gasteiger partial charge is 0.493 e. The van der Waals surface area contributed by atoms with Gasteiger partial charge >= 0.3 is 0 Å². The monoisotopic (exact) mass is 494 g/mol. The van der Waals surface area contributed by atoms with Crippen LogP contribution in [0.4, 0.5) is 17.5 Å². The van der Waals surface area contributed by atoms with Gasteiger partial charge in [-0.1, -0.05) is 13.3 Å².